The molecule has 0 aromatic carbocycles. The molecular formula is C11H16N4O3. The van der Waals surface area contributed by atoms with Crippen molar-refractivity contribution < 1.29 is 10.0 Å². The van der Waals surface area contributed by atoms with Crippen molar-refractivity contribution in [3.8, 4) is 0 Å². The monoisotopic (exact) mass is 252 g/mol. The molecule has 0 aliphatic heterocycles. The number of aromatic nitrogens is 1. The summed E-state index contributed by atoms with van der Waals surface area (Å²) in [5.41, 5.74) is 5.51. The Bertz CT molecular complexity index is 460. The maximum atomic E-state index is 10.9. The number of aliphatic hydroxyl groups excluding tert-OH is 1. The van der Waals surface area contributed by atoms with Crippen LogP contribution < -0.4 is 10.6 Å². The number of anilines is 2. The van der Waals surface area contributed by atoms with Crippen molar-refractivity contribution in [2.24, 2.45) is 5.92 Å². The minimum atomic E-state index is -0.464. The summed E-state index contributed by atoms with van der Waals surface area (Å²) in [6, 6.07) is 2.78. The molecular weight excluding hydrogens is 236 g/mol. The fourth-order valence-corrected chi connectivity index (χ4v) is 2.20. The van der Waals surface area contributed by atoms with E-state index in [0.717, 1.165) is 12.8 Å². The van der Waals surface area contributed by atoms with Crippen molar-refractivity contribution in [2.75, 3.05) is 24.2 Å². The van der Waals surface area contributed by atoms with E-state index in [9.17, 15) is 15.2 Å². The third kappa shape index (κ3) is 2.51. The summed E-state index contributed by atoms with van der Waals surface area (Å²) in [5, 5.41) is 20.1. The van der Waals surface area contributed by atoms with Crippen molar-refractivity contribution in [3.05, 3.63) is 22.2 Å². The maximum Gasteiger partial charge on any atom is 0.311 e. The van der Waals surface area contributed by atoms with Crippen LogP contribution in [0.2, 0.25) is 0 Å². The lowest BCUT2D eigenvalue weighted by Crippen LogP contribution is -2.37. The summed E-state index contributed by atoms with van der Waals surface area (Å²) < 4.78 is 0. The molecule has 1 aliphatic rings. The van der Waals surface area contributed by atoms with Gasteiger partial charge in [0.15, 0.2) is 0 Å². The summed E-state index contributed by atoms with van der Waals surface area (Å²) >= 11 is 0. The lowest BCUT2D eigenvalue weighted by Gasteiger charge is -2.34. The van der Waals surface area contributed by atoms with E-state index in [-0.39, 0.29) is 23.4 Å². The van der Waals surface area contributed by atoms with E-state index in [2.05, 4.69) is 4.98 Å². The van der Waals surface area contributed by atoms with Crippen LogP contribution in [0.25, 0.3) is 0 Å². The molecule has 1 aromatic heterocycles. The fourth-order valence-electron chi connectivity index (χ4n) is 2.20. The molecule has 98 valence electrons. The van der Waals surface area contributed by atoms with Crippen LogP contribution in [-0.2, 0) is 0 Å². The van der Waals surface area contributed by atoms with Gasteiger partial charge in [-0.15, -0.1) is 0 Å². The molecule has 3 N–H and O–H groups in total. The molecule has 1 aromatic rings. The second-order valence-electron chi connectivity index (χ2n) is 4.71. The van der Waals surface area contributed by atoms with Crippen molar-refractivity contribution in [1.29, 1.82) is 0 Å². The van der Waals surface area contributed by atoms with Crippen LogP contribution in [0.3, 0.4) is 0 Å². The molecule has 0 unspecified atom stereocenters. The average Bonchev–Trinajstić information content (AvgIpc) is 2.26. The van der Waals surface area contributed by atoms with Crippen molar-refractivity contribution in [3.63, 3.8) is 0 Å². The maximum absolute atomic E-state index is 10.9. The Hall–Kier alpha value is -1.89. The molecule has 0 amide bonds. The molecule has 7 nitrogen and oxygen atoms in total. The number of aliphatic hydroxyl groups is 1. The molecule has 2 rings (SSSR count). The standard InChI is InChI=1S/C11H16N4O3/c1-14(6-7-4-8(16)5-7)11-9(15(17)18)2-3-10(12)13-11/h2-3,7-8,16H,4-6H2,1H3,(H2,12,13). The van der Waals surface area contributed by atoms with E-state index in [1.807, 2.05) is 0 Å². The number of hydrogen-bond acceptors (Lipinski definition) is 6. The smallest absolute Gasteiger partial charge is 0.311 e. The highest BCUT2D eigenvalue weighted by Gasteiger charge is 2.30. The lowest BCUT2D eigenvalue weighted by atomic mass is 9.82. The van der Waals surface area contributed by atoms with Gasteiger partial charge in [-0.25, -0.2) is 4.98 Å². The summed E-state index contributed by atoms with van der Waals surface area (Å²) in [6.45, 7) is 0.633. The van der Waals surface area contributed by atoms with Crippen LogP contribution in [0.15, 0.2) is 12.1 Å². The summed E-state index contributed by atoms with van der Waals surface area (Å²) in [6.07, 6.45) is 1.24. The molecule has 1 heterocycles. The van der Waals surface area contributed by atoms with Gasteiger partial charge in [-0.2, -0.15) is 0 Å². The molecule has 0 saturated heterocycles. The first-order valence-corrected chi connectivity index (χ1v) is 5.77. The first kappa shape index (κ1) is 12.6. The van der Waals surface area contributed by atoms with E-state index in [1.165, 1.54) is 12.1 Å². The number of nitrogens with two attached hydrogens (primary N) is 1. The molecule has 1 fully saturated rings. The summed E-state index contributed by atoms with van der Waals surface area (Å²) in [5.74, 6) is 0.894. The van der Waals surface area contributed by atoms with Crippen molar-refractivity contribution in [1.82, 2.24) is 4.98 Å². The summed E-state index contributed by atoms with van der Waals surface area (Å²) in [4.78, 5) is 16.2. The minimum Gasteiger partial charge on any atom is -0.393 e. The van der Waals surface area contributed by atoms with Gasteiger partial charge in [0, 0.05) is 19.7 Å². The van der Waals surface area contributed by atoms with E-state index in [4.69, 9.17) is 5.73 Å². The van der Waals surface area contributed by atoms with Gasteiger partial charge in [-0.1, -0.05) is 0 Å². The molecule has 0 spiro atoms. The molecule has 1 saturated carbocycles. The number of nitrogen functional groups attached to an aromatic ring is 1. The Balaban J connectivity index is 2.15. The molecule has 1 aliphatic carbocycles. The zero-order valence-corrected chi connectivity index (χ0v) is 10.1. The number of nitro groups is 1. The molecule has 0 radical (unpaired) electrons. The first-order chi connectivity index (χ1) is 8.47. The summed E-state index contributed by atoms with van der Waals surface area (Å²) in [7, 11) is 1.75. The van der Waals surface area contributed by atoms with Gasteiger partial charge < -0.3 is 15.7 Å². The number of hydrogen-bond donors (Lipinski definition) is 2. The van der Waals surface area contributed by atoms with Crippen LogP contribution in [0, 0.1) is 16.0 Å². The van der Waals surface area contributed by atoms with Gasteiger partial charge in [-0.05, 0) is 24.8 Å². The van der Waals surface area contributed by atoms with Gasteiger partial charge in [0.2, 0.25) is 5.82 Å². The molecule has 18 heavy (non-hydrogen) atoms. The van der Waals surface area contributed by atoms with Crippen LogP contribution in [0.5, 0.6) is 0 Å². The van der Waals surface area contributed by atoms with E-state index >= 15 is 0 Å². The topological polar surface area (TPSA) is 106 Å². The average molecular weight is 252 g/mol. The number of rotatable bonds is 4. The van der Waals surface area contributed by atoms with Crippen LogP contribution >= 0.6 is 0 Å². The zero-order valence-electron chi connectivity index (χ0n) is 10.1. The number of nitrogens with zero attached hydrogens (tertiary/aromatic N) is 3. The van der Waals surface area contributed by atoms with E-state index in [0.29, 0.717) is 12.5 Å². The van der Waals surface area contributed by atoms with E-state index in [1.54, 1.807) is 11.9 Å². The Morgan fingerprint density at radius 3 is 2.83 bits per heavy atom. The highest BCUT2D eigenvalue weighted by molar-refractivity contribution is 5.60. The minimum absolute atomic E-state index is 0.0495. The third-order valence-electron chi connectivity index (χ3n) is 3.18. The van der Waals surface area contributed by atoms with Gasteiger partial charge in [-0.3, -0.25) is 10.1 Å². The van der Waals surface area contributed by atoms with Gasteiger partial charge in [0.25, 0.3) is 0 Å². The quantitative estimate of drug-likeness (QED) is 0.606. The highest BCUT2D eigenvalue weighted by Crippen LogP contribution is 2.31. The normalized spacial score (nSPS) is 22.3. The molecule has 0 atom stereocenters. The van der Waals surface area contributed by atoms with Gasteiger partial charge >= 0.3 is 5.69 Å². The predicted molar refractivity (Wildman–Crippen MR) is 67.3 cm³/mol. The third-order valence-corrected chi connectivity index (χ3v) is 3.18. The largest absolute Gasteiger partial charge is 0.393 e. The van der Waals surface area contributed by atoms with Crippen LogP contribution in [-0.4, -0.2) is 34.7 Å². The fraction of sp³-hybridized carbons (Fsp3) is 0.545. The van der Waals surface area contributed by atoms with Crippen molar-refractivity contribution >= 4 is 17.3 Å². The van der Waals surface area contributed by atoms with Crippen molar-refractivity contribution in [2.45, 2.75) is 18.9 Å². The Morgan fingerprint density at radius 1 is 1.61 bits per heavy atom. The predicted octanol–water partition coefficient (Wildman–Crippen LogP) is 0.779. The van der Waals surface area contributed by atoms with Crippen LogP contribution in [0.4, 0.5) is 17.3 Å². The lowest BCUT2D eigenvalue weighted by molar-refractivity contribution is -0.384. The second kappa shape index (κ2) is 4.77. The Morgan fingerprint density at radius 2 is 2.28 bits per heavy atom. The SMILES string of the molecule is CN(CC1CC(O)C1)c1nc(N)ccc1[N+](=O)[O-]. The van der Waals surface area contributed by atoms with E-state index < -0.39 is 4.92 Å². The highest BCUT2D eigenvalue weighted by atomic mass is 16.6. The van der Waals surface area contributed by atoms with Gasteiger partial charge in [0.05, 0.1) is 11.0 Å². The molecule has 0 bridgehead atoms. The number of pyridine rings is 1. The van der Waals surface area contributed by atoms with Gasteiger partial charge in [0.1, 0.15) is 5.82 Å². The zero-order chi connectivity index (χ0) is 13.3. The first-order valence-electron chi connectivity index (χ1n) is 5.77. The van der Waals surface area contributed by atoms with Crippen LogP contribution in [0.1, 0.15) is 12.8 Å². The second-order valence-corrected chi connectivity index (χ2v) is 4.71. The Kier molecular flexibility index (Phi) is 3.33. The Labute approximate surface area is 104 Å². The molecule has 7 heteroatoms.